The van der Waals surface area contributed by atoms with Crippen molar-refractivity contribution in [3.63, 3.8) is 0 Å². The fourth-order valence-corrected chi connectivity index (χ4v) is 3.13. The largest absolute Gasteiger partial charge is 0.367 e. The molecule has 27 heavy (non-hydrogen) atoms. The quantitative estimate of drug-likeness (QED) is 0.459. The average Bonchev–Trinajstić information content (AvgIpc) is 3.15. The van der Waals surface area contributed by atoms with Crippen molar-refractivity contribution < 1.29 is 0 Å². The second-order valence-electron chi connectivity index (χ2n) is 6.41. The Morgan fingerprint density at radius 1 is 0.926 bits per heavy atom. The zero-order chi connectivity index (χ0) is 18.5. The molecule has 4 aromatic rings. The third kappa shape index (κ3) is 3.90. The van der Waals surface area contributed by atoms with Crippen molar-refractivity contribution in [3.05, 3.63) is 96.3 Å². The van der Waals surface area contributed by atoms with Crippen LogP contribution in [0.1, 0.15) is 18.1 Å². The summed E-state index contributed by atoms with van der Waals surface area (Å²) in [5, 5.41) is 4.54. The van der Waals surface area contributed by atoms with Crippen molar-refractivity contribution in [2.45, 2.75) is 13.5 Å². The Hall–Kier alpha value is -3.40. The van der Waals surface area contributed by atoms with Crippen LogP contribution in [0.25, 0.3) is 11.0 Å². The summed E-state index contributed by atoms with van der Waals surface area (Å²) >= 11 is 0. The second-order valence-corrected chi connectivity index (χ2v) is 6.41. The van der Waals surface area contributed by atoms with Gasteiger partial charge in [0.1, 0.15) is 6.33 Å². The van der Waals surface area contributed by atoms with E-state index in [0.717, 1.165) is 29.7 Å². The molecule has 4 heteroatoms. The van der Waals surface area contributed by atoms with Crippen molar-refractivity contribution in [2.75, 3.05) is 11.4 Å². The Labute approximate surface area is 159 Å². The fourth-order valence-electron chi connectivity index (χ4n) is 3.13. The summed E-state index contributed by atoms with van der Waals surface area (Å²) in [6.07, 6.45) is 3.61. The Morgan fingerprint density at radius 2 is 1.67 bits per heavy atom. The summed E-state index contributed by atoms with van der Waals surface area (Å²) in [6, 6.07) is 27.1. The van der Waals surface area contributed by atoms with Crippen molar-refractivity contribution in [2.24, 2.45) is 5.10 Å². The standard InChI is InChI=1S/C23H22N4/c1-2-26(17-20-8-4-3-5-9-20)21-14-12-19(13-15-21)16-25-27-18-24-22-10-6-7-11-23(22)27/h3-16,18H,2,17H2,1H3/b25-16-. The smallest absolute Gasteiger partial charge is 0.118 e. The molecule has 134 valence electrons. The first-order valence-corrected chi connectivity index (χ1v) is 9.19. The molecule has 0 N–H and O–H groups in total. The van der Waals surface area contributed by atoms with Crippen molar-refractivity contribution in [1.29, 1.82) is 0 Å². The maximum Gasteiger partial charge on any atom is 0.118 e. The molecular weight excluding hydrogens is 332 g/mol. The number of benzene rings is 3. The van der Waals surface area contributed by atoms with Crippen LogP contribution >= 0.6 is 0 Å². The molecule has 0 aliphatic carbocycles. The lowest BCUT2D eigenvalue weighted by atomic mass is 10.1. The molecule has 4 rings (SSSR count). The molecular formula is C23H22N4. The Balaban J connectivity index is 1.49. The number of nitrogens with zero attached hydrogens (tertiary/aromatic N) is 4. The molecule has 1 heterocycles. The third-order valence-electron chi connectivity index (χ3n) is 4.62. The molecule has 0 saturated heterocycles. The van der Waals surface area contributed by atoms with Gasteiger partial charge in [-0.1, -0.05) is 54.6 Å². The topological polar surface area (TPSA) is 33.4 Å². The van der Waals surface area contributed by atoms with Gasteiger partial charge in [0, 0.05) is 18.8 Å². The van der Waals surface area contributed by atoms with Gasteiger partial charge in [-0.15, -0.1) is 0 Å². The zero-order valence-electron chi connectivity index (χ0n) is 15.4. The molecule has 0 unspecified atom stereocenters. The first-order chi connectivity index (χ1) is 13.3. The first-order valence-electron chi connectivity index (χ1n) is 9.19. The van der Waals surface area contributed by atoms with Gasteiger partial charge in [-0.3, -0.25) is 0 Å². The predicted molar refractivity (Wildman–Crippen MR) is 112 cm³/mol. The minimum Gasteiger partial charge on any atom is -0.367 e. The highest BCUT2D eigenvalue weighted by Crippen LogP contribution is 2.18. The summed E-state index contributed by atoms with van der Waals surface area (Å²) in [5.74, 6) is 0. The molecule has 0 spiro atoms. The van der Waals surface area contributed by atoms with Gasteiger partial charge in [0.15, 0.2) is 0 Å². The Bertz CT molecular complexity index is 1030. The van der Waals surface area contributed by atoms with Gasteiger partial charge in [-0.2, -0.15) is 5.10 Å². The van der Waals surface area contributed by atoms with E-state index in [4.69, 9.17) is 0 Å². The van der Waals surface area contributed by atoms with E-state index in [2.05, 4.69) is 76.5 Å². The SMILES string of the molecule is CCN(Cc1ccccc1)c1ccc(/C=N\n2cnc3ccccc32)cc1. The highest BCUT2D eigenvalue weighted by atomic mass is 15.4. The lowest BCUT2D eigenvalue weighted by molar-refractivity contribution is 0.832. The minimum atomic E-state index is 0.909. The van der Waals surface area contributed by atoms with Gasteiger partial charge in [-0.25, -0.2) is 9.66 Å². The molecule has 0 radical (unpaired) electrons. The lowest BCUT2D eigenvalue weighted by Gasteiger charge is -2.23. The fraction of sp³-hybridized carbons (Fsp3) is 0.130. The molecule has 0 bridgehead atoms. The molecule has 3 aromatic carbocycles. The molecule has 0 amide bonds. The van der Waals surface area contributed by atoms with E-state index in [1.165, 1.54) is 11.3 Å². The maximum absolute atomic E-state index is 4.54. The number of hydrogen-bond donors (Lipinski definition) is 0. The van der Waals surface area contributed by atoms with Crippen LogP contribution in [0.2, 0.25) is 0 Å². The molecule has 0 fully saturated rings. The highest BCUT2D eigenvalue weighted by Gasteiger charge is 2.05. The van der Waals surface area contributed by atoms with Crippen LogP contribution in [0.15, 0.2) is 90.3 Å². The van der Waals surface area contributed by atoms with Crippen LogP contribution in [-0.2, 0) is 6.54 Å². The Kier molecular flexibility index (Phi) is 4.97. The second kappa shape index (κ2) is 7.87. The van der Waals surface area contributed by atoms with Crippen LogP contribution in [0.5, 0.6) is 0 Å². The van der Waals surface area contributed by atoms with Gasteiger partial charge >= 0.3 is 0 Å². The molecule has 0 saturated carbocycles. The number of para-hydroxylation sites is 2. The monoisotopic (exact) mass is 354 g/mol. The van der Waals surface area contributed by atoms with Crippen molar-refractivity contribution in [1.82, 2.24) is 9.66 Å². The van der Waals surface area contributed by atoms with Crippen LogP contribution in [0, 0.1) is 0 Å². The van der Waals surface area contributed by atoms with Crippen molar-refractivity contribution >= 4 is 22.9 Å². The summed E-state index contributed by atoms with van der Waals surface area (Å²) in [4.78, 5) is 6.72. The minimum absolute atomic E-state index is 0.909. The van der Waals surface area contributed by atoms with Crippen LogP contribution in [0.3, 0.4) is 0 Å². The first kappa shape index (κ1) is 17.0. The summed E-state index contributed by atoms with van der Waals surface area (Å²) < 4.78 is 1.80. The van der Waals surface area contributed by atoms with E-state index in [1.807, 2.05) is 30.5 Å². The normalized spacial score (nSPS) is 11.3. The van der Waals surface area contributed by atoms with Gasteiger partial charge in [0.2, 0.25) is 0 Å². The van der Waals surface area contributed by atoms with Gasteiger partial charge in [0.25, 0.3) is 0 Å². The van der Waals surface area contributed by atoms with Crippen LogP contribution in [0.4, 0.5) is 5.69 Å². The number of imidazole rings is 1. The zero-order valence-corrected chi connectivity index (χ0v) is 15.4. The van der Waals surface area contributed by atoms with Gasteiger partial charge in [-0.05, 0) is 42.3 Å². The van der Waals surface area contributed by atoms with Crippen molar-refractivity contribution in [3.8, 4) is 0 Å². The average molecular weight is 354 g/mol. The van der Waals surface area contributed by atoms with Gasteiger partial charge in [0.05, 0.1) is 17.2 Å². The summed E-state index contributed by atoms with van der Waals surface area (Å²) in [7, 11) is 0. The molecule has 0 atom stereocenters. The van der Waals surface area contributed by atoms with E-state index in [-0.39, 0.29) is 0 Å². The summed E-state index contributed by atoms with van der Waals surface area (Å²) in [5.41, 5.74) is 5.55. The van der Waals surface area contributed by atoms with E-state index in [9.17, 15) is 0 Å². The number of anilines is 1. The van der Waals surface area contributed by atoms with E-state index in [0.29, 0.717) is 0 Å². The highest BCUT2D eigenvalue weighted by molar-refractivity contribution is 5.81. The lowest BCUT2D eigenvalue weighted by Crippen LogP contribution is -2.21. The third-order valence-corrected chi connectivity index (χ3v) is 4.62. The maximum atomic E-state index is 4.54. The Morgan fingerprint density at radius 3 is 2.44 bits per heavy atom. The molecule has 0 aliphatic heterocycles. The molecule has 4 nitrogen and oxygen atoms in total. The molecule has 0 aliphatic rings. The van der Waals surface area contributed by atoms with E-state index >= 15 is 0 Å². The van der Waals surface area contributed by atoms with E-state index < -0.39 is 0 Å². The number of rotatable bonds is 6. The van der Waals surface area contributed by atoms with Gasteiger partial charge < -0.3 is 4.90 Å². The number of hydrogen-bond acceptors (Lipinski definition) is 3. The van der Waals surface area contributed by atoms with Crippen LogP contribution in [-0.4, -0.2) is 22.4 Å². The van der Waals surface area contributed by atoms with E-state index in [1.54, 1.807) is 11.0 Å². The predicted octanol–water partition coefficient (Wildman–Crippen LogP) is 4.95. The number of aromatic nitrogens is 2. The number of fused-ring (bicyclic) bond motifs is 1. The van der Waals surface area contributed by atoms with Crippen LogP contribution < -0.4 is 4.90 Å². The summed E-state index contributed by atoms with van der Waals surface area (Å²) in [6.45, 7) is 4.05. The molecule has 1 aromatic heterocycles.